The topological polar surface area (TPSA) is 85.1 Å². The molecule has 0 saturated carbocycles. The Labute approximate surface area is 97.6 Å². The summed E-state index contributed by atoms with van der Waals surface area (Å²) < 4.78 is 0. The van der Waals surface area contributed by atoms with Gasteiger partial charge in [0.05, 0.1) is 6.54 Å². The minimum absolute atomic E-state index is 0.191. The number of rotatable bonds is 3. The van der Waals surface area contributed by atoms with Gasteiger partial charge in [0.1, 0.15) is 5.69 Å². The van der Waals surface area contributed by atoms with Gasteiger partial charge in [-0.05, 0) is 11.5 Å². The number of hydrogen-bond acceptors (Lipinski definition) is 3. The number of amides is 2. The van der Waals surface area contributed by atoms with Gasteiger partial charge in [0.15, 0.2) is 0 Å². The minimum Gasteiger partial charge on any atom is -0.368 e. The van der Waals surface area contributed by atoms with Gasteiger partial charge in [-0.1, -0.05) is 24.3 Å². The fourth-order valence-electron chi connectivity index (χ4n) is 1.55. The Balaban J connectivity index is 2.35. The van der Waals surface area contributed by atoms with E-state index in [9.17, 15) is 9.59 Å². The average Bonchev–Trinajstić information content (AvgIpc) is 2.35. The van der Waals surface area contributed by atoms with Crippen molar-refractivity contribution in [2.24, 2.45) is 5.73 Å². The van der Waals surface area contributed by atoms with Crippen LogP contribution in [-0.2, 0) is 4.79 Å². The number of carbonyl (C=O) groups excluding carboxylic acids is 2. The van der Waals surface area contributed by atoms with Gasteiger partial charge >= 0.3 is 0 Å². The number of aromatic nitrogens is 1. The zero-order chi connectivity index (χ0) is 12.3. The number of nitrogens with two attached hydrogens (primary N) is 1. The van der Waals surface area contributed by atoms with Gasteiger partial charge in [-0.25, -0.2) is 0 Å². The van der Waals surface area contributed by atoms with Crippen LogP contribution in [0.3, 0.4) is 0 Å². The summed E-state index contributed by atoms with van der Waals surface area (Å²) >= 11 is 0. The number of hydrogen-bond donors (Lipinski definition) is 2. The van der Waals surface area contributed by atoms with E-state index in [0.717, 1.165) is 10.8 Å². The normalized spacial score (nSPS) is 10.1. The summed E-state index contributed by atoms with van der Waals surface area (Å²) in [5.41, 5.74) is 5.25. The fraction of sp³-hybridized carbons (Fsp3) is 0.0833. The van der Waals surface area contributed by atoms with Crippen LogP contribution in [0.15, 0.2) is 36.5 Å². The molecular weight excluding hydrogens is 218 g/mol. The van der Waals surface area contributed by atoms with Crippen molar-refractivity contribution in [1.29, 1.82) is 0 Å². The molecule has 5 nitrogen and oxygen atoms in total. The molecule has 2 amide bonds. The number of pyridine rings is 1. The van der Waals surface area contributed by atoms with E-state index in [-0.39, 0.29) is 6.54 Å². The summed E-state index contributed by atoms with van der Waals surface area (Å²) in [7, 11) is 0. The van der Waals surface area contributed by atoms with Crippen LogP contribution in [0.2, 0.25) is 0 Å². The molecule has 3 N–H and O–H groups in total. The molecule has 0 bridgehead atoms. The van der Waals surface area contributed by atoms with E-state index in [1.165, 1.54) is 0 Å². The molecule has 0 radical (unpaired) electrons. The van der Waals surface area contributed by atoms with Crippen molar-refractivity contribution in [3.8, 4) is 0 Å². The summed E-state index contributed by atoms with van der Waals surface area (Å²) in [5.74, 6) is -0.987. The molecule has 2 aromatic rings. The largest absolute Gasteiger partial charge is 0.368 e. The number of carbonyl (C=O) groups is 2. The Morgan fingerprint density at radius 3 is 2.76 bits per heavy atom. The van der Waals surface area contributed by atoms with Crippen LogP contribution in [0.1, 0.15) is 10.5 Å². The molecule has 86 valence electrons. The first-order valence-electron chi connectivity index (χ1n) is 5.09. The van der Waals surface area contributed by atoms with E-state index in [4.69, 9.17) is 5.73 Å². The second-order valence-corrected chi connectivity index (χ2v) is 3.53. The Morgan fingerprint density at radius 2 is 2.00 bits per heavy atom. The van der Waals surface area contributed by atoms with E-state index < -0.39 is 11.8 Å². The summed E-state index contributed by atoms with van der Waals surface area (Å²) in [6.07, 6.45) is 1.56. The lowest BCUT2D eigenvalue weighted by Crippen LogP contribution is -2.33. The van der Waals surface area contributed by atoms with Crippen LogP contribution < -0.4 is 11.1 Å². The monoisotopic (exact) mass is 229 g/mol. The van der Waals surface area contributed by atoms with Crippen molar-refractivity contribution in [2.45, 2.75) is 0 Å². The molecule has 2 rings (SSSR count). The lowest BCUT2D eigenvalue weighted by atomic mass is 10.1. The highest BCUT2D eigenvalue weighted by atomic mass is 16.2. The summed E-state index contributed by atoms with van der Waals surface area (Å²) in [6.45, 7) is -0.191. The first-order valence-corrected chi connectivity index (χ1v) is 5.09. The molecule has 0 fully saturated rings. The molecule has 17 heavy (non-hydrogen) atoms. The molecule has 0 aliphatic carbocycles. The average molecular weight is 229 g/mol. The zero-order valence-corrected chi connectivity index (χ0v) is 9.01. The number of fused-ring (bicyclic) bond motifs is 1. The summed E-state index contributed by atoms with van der Waals surface area (Å²) in [5, 5.41) is 4.08. The van der Waals surface area contributed by atoms with E-state index in [1.54, 1.807) is 6.20 Å². The highest BCUT2D eigenvalue weighted by molar-refractivity contribution is 6.05. The number of benzene rings is 1. The van der Waals surface area contributed by atoms with Gasteiger partial charge in [-0.3, -0.25) is 14.6 Å². The first-order chi connectivity index (χ1) is 8.18. The zero-order valence-electron chi connectivity index (χ0n) is 9.01. The van der Waals surface area contributed by atoms with Crippen molar-refractivity contribution >= 4 is 22.6 Å². The van der Waals surface area contributed by atoms with Crippen LogP contribution in [0.4, 0.5) is 0 Å². The molecule has 1 aromatic heterocycles. The molecule has 0 spiro atoms. The highest BCUT2D eigenvalue weighted by Gasteiger charge is 2.11. The van der Waals surface area contributed by atoms with E-state index >= 15 is 0 Å². The Bertz CT molecular complexity index is 575. The Morgan fingerprint density at radius 1 is 1.24 bits per heavy atom. The Kier molecular flexibility index (Phi) is 3.00. The molecule has 0 atom stereocenters. The van der Waals surface area contributed by atoms with Crippen molar-refractivity contribution in [3.05, 3.63) is 42.2 Å². The smallest absolute Gasteiger partial charge is 0.270 e. The van der Waals surface area contributed by atoms with Crippen molar-refractivity contribution in [2.75, 3.05) is 6.54 Å². The van der Waals surface area contributed by atoms with E-state index in [1.807, 2.05) is 30.3 Å². The maximum atomic E-state index is 11.8. The van der Waals surface area contributed by atoms with Crippen molar-refractivity contribution < 1.29 is 9.59 Å². The number of primary amides is 1. The van der Waals surface area contributed by atoms with Crippen LogP contribution in [0.25, 0.3) is 10.8 Å². The second-order valence-electron chi connectivity index (χ2n) is 3.53. The molecule has 0 aliphatic heterocycles. The third kappa shape index (κ3) is 2.39. The van der Waals surface area contributed by atoms with Gasteiger partial charge in [-0.2, -0.15) is 0 Å². The van der Waals surface area contributed by atoms with Crippen LogP contribution >= 0.6 is 0 Å². The van der Waals surface area contributed by atoms with Crippen LogP contribution in [0, 0.1) is 0 Å². The summed E-state index contributed by atoms with van der Waals surface area (Å²) in [6, 6.07) is 9.23. The lowest BCUT2D eigenvalue weighted by Gasteiger charge is -2.05. The predicted octanol–water partition coefficient (Wildman–Crippen LogP) is 0.450. The van der Waals surface area contributed by atoms with Gasteiger partial charge in [0.2, 0.25) is 5.91 Å². The second kappa shape index (κ2) is 4.61. The predicted molar refractivity (Wildman–Crippen MR) is 63.3 cm³/mol. The lowest BCUT2D eigenvalue weighted by molar-refractivity contribution is -0.117. The van der Waals surface area contributed by atoms with Gasteiger partial charge in [0.25, 0.3) is 5.91 Å². The molecule has 1 aromatic carbocycles. The third-order valence-corrected chi connectivity index (χ3v) is 2.31. The molecule has 1 heterocycles. The van der Waals surface area contributed by atoms with Crippen LogP contribution in [-0.4, -0.2) is 23.3 Å². The van der Waals surface area contributed by atoms with E-state index in [2.05, 4.69) is 10.3 Å². The highest BCUT2D eigenvalue weighted by Crippen LogP contribution is 2.15. The number of nitrogens with zero attached hydrogens (tertiary/aromatic N) is 1. The Hall–Kier alpha value is -2.43. The quantitative estimate of drug-likeness (QED) is 0.801. The summed E-state index contributed by atoms with van der Waals surface area (Å²) in [4.78, 5) is 26.4. The van der Waals surface area contributed by atoms with Crippen molar-refractivity contribution in [1.82, 2.24) is 10.3 Å². The minimum atomic E-state index is -0.585. The SMILES string of the molecule is NC(=O)CNC(=O)c1nccc2ccccc12. The molecule has 0 saturated heterocycles. The van der Waals surface area contributed by atoms with E-state index in [0.29, 0.717) is 5.69 Å². The van der Waals surface area contributed by atoms with Crippen molar-refractivity contribution in [3.63, 3.8) is 0 Å². The van der Waals surface area contributed by atoms with Gasteiger partial charge in [-0.15, -0.1) is 0 Å². The first kappa shape index (κ1) is 11.1. The maximum absolute atomic E-state index is 11.8. The maximum Gasteiger partial charge on any atom is 0.270 e. The molecule has 5 heteroatoms. The van der Waals surface area contributed by atoms with Gasteiger partial charge < -0.3 is 11.1 Å². The third-order valence-electron chi connectivity index (χ3n) is 2.31. The molecule has 0 unspecified atom stereocenters. The van der Waals surface area contributed by atoms with Crippen LogP contribution in [0.5, 0.6) is 0 Å². The molecular formula is C12H11N3O2. The number of nitrogens with one attached hydrogen (secondary N) is 1. The standard InChI is InChI=1S/C12H11N3O2/c13-10(16)7-15-12(17)11-9-4-2-1-3-8(9)5-6-14-11/h1-6H,7H2,(H2,13,16)(H,15,17). The molecule has 0 aliphatic rings. The van der Waals surface area contributed by atoms with Gasteiger partial charge in [0, 0.05) is 11.6 Å². The fourth-order valence-corrected chi connectivity index (χ4v) is 1.55.